The average molecular weight is 336 g/mol. The Morgan fingerprint density at radius 3 is 1.96 bits per heavy atom. The Labute approximate surface area is 135 Å². The molecule has 6 unspecified atom stereocenters. The van der Waals surface area contributed by atoms with E-state index >= 15 is 0 Å². The van der Waals surface area contributed by atoms with E-state index in [1.165, 1.54) is 0 Å². The highest BCUT2D eigenvalue weighted by molar-refractivity contribution is 4.92. The van der Waals surface area contributed by atoms with Gasteiger partial charge in [-0.25, -0.2) is 0 Å². The third-order valence-electron chi connectivity index (χ3n) is 5.03. The molecule has 2 aliphatic heterocycles. The monoisotopic (exact) mass is 336 g/mol. The van der Waals surface area contributed by atoms with Gasteiger partial charge >= 0.3 is 0 Å². The quantitative estimate of drug-likeness (QED) is 0.408. The molecule has 0 aliphatic carbocycles. The van der Waals surface area contributed by atoms with Gasteiger partial charge in [-0.1, -0.05) is 13.8 Å². The number of hydrogen-bond donors (Lipinski definition) is 5. The fourth-order valence-electron chi connectivity index (χ4n) is 3.12. The van der Waals surface area contributed by atoms with E-state index in [4.69, 9.17) is 14.2 Å². The molecule has 136 valence electrons. The van der Waals surface area contributed by atoms with Crippen LogP contribution in [-0.2, 0) is 14.2 Å². The fourth-order valence-corrected chi connectivity index (χ4v) is 3.12. The topological polar surface area (TPSA) is 129 Å². The number of hydrogen-bond acceptors (Lipinski definition) is 8. The van der Waals surface area contributed by atoms with E-state index in [2.05, 4.69) is 0 Å². The Hall–Kier alpha value is -0.320. The van der Waals surface area contributed by atoms with Crippen LogP contribution < -0.4 is 0 Å². The van der Waals surface area contributed by atoms with Crippen LogP contribution in [0.5, 0.6) is 0 Å². The van der Waals surface area contributed by atoms with E-state index in [1.54, 1.807) is 6.92 Å². The van der Waals surface area contributed by atoms with E-state index in [0.717, 1.165) is 0 Å². The first kappa shape index (κ1) is 19.0. The molecular weight excluding hydrogens is 308 g/mol. The Kier molecular flexibility index (Phi) is 6.37. The lowest BCUT2D eigenvalue weighted by atomic mass is 9.88. The summed E-state index contributed by atoms with van der Waals surface area (Å²) >= 11 is 0. The third-order valence-corrected chi connectivity index (χ3v) is 5.03. The average Bonchev–Trinajstić information content (AvgIpc) is 2.55. The first-order chi connectivity index (χ1) is 10.8. The predicted octanol–water partition coefficient (Wildman–Crippen LogP) is -1.78. The summed E-state index contributed by atoms with van der Waals surface area (Å²) in [6.45, 7) is 4.48. The highest BCUT2D eigenvalue weighted by atomic mass is 16.7. The Morgan fingerprint density at radius 2 is 1.39 bits per heavy atom. The highest BCUT2D eigenvalue weighted by Gasteiger charge is 2.47. The van der Waals surface area contributed by atoms with Gasteiger partial charge in [0.2, 0.25) is 0 Å². The van der Waals surface area contributed by atoms with Gasteiger partial charge in [0.05, 0.1) is 31.5 Å². The minimum Gasteiger partial charge on any atom is -0.394 e. The van der Waals surface area contributed by atoms with Gasteiger partial charge in [-0.2, -0.15) is 0 Å². The van der Waals surface area contributed by atoms with Crippen LogP contribution in [0.15, 0.2) is 0 Å². The van der Waals surface area contributed by atoms with E-state index < -0.39 is 55.4 Å². The normalized spacial score (nSPS) is 51.7. The van der Waals surface area contributed by atoms with Crippen LogP contribution in [0.4, 0.5) is 0 Å². The molecule has 5 N–H and O–H groups in total. The summed E-state index contributed by atoms with van der Waals surface area (Å²) in [6.07, 6.45) is -6.91. The minimum atomic E-state index is -1.21. The molecule has 23 heavy (non-hydrogen) atoms. The summed E-state index contributed by atoms with van der Waals surface area (Å²) in [6, 6.07) is 0. The molecule has 2 aliphatic rings. The van der Waals surface area contributed by atoms with Gasteiger partial charge in [-0.3, -0.25) is 0 Å². The van der Waals surface area contributed by atoms with Crippen LogP contribution >= 0.6 is 0 Å². The summed E-state index contributed by atoms with van der Waals surface area (Å²) in [5, 5.41) is 49.1. The maximum Gasteiger partial charge on any atom is 0.163 e. The molecule has 0 amide bonds. The van der Waals surface area contributed by atoms with E-state index in [1.807, 2.05) is 13.8 Å². The standard InChI is InChI=1S/C15H28O8/c1-6-8(3)21-10(5-17)14(12(6)19)23-15-7(2)11(18)13(20)9(4-16)22-15/h6-20H,4-5H2,1-3H3/t6?,7?,8?,9?,10?,11?,12-,13-,14-,15+/m1/s1. The molecule has 0 aromatic heterocycles. The van der Waals surface area contributed by atoms with Gasteiger partial charge in [0, 0.05) is 11.8 Å². The van der Waals surface area contributed by atoms with Crippen molar-refractivity contribution in [1.29, 1.82) is 0 Å². The van der Waals surface area contributed by atoms with E-state index in [9.17, 15) is 25.5 Å². The maximum absolute atomic E-state index is 10.4. The van der Waals surface area contributed by atoms with Crippen molar-refractivity contribution in [3.63, 3.8) is 0 Å². The van der Waals surface area contributed by atoms with Crippen LogP contribution in [0.1, 0.15) is 20.8 Å². The van der Waals surface area contributed by atoms with Crippen LogP contribution in [0.2, 0.25) is 0 Å². The molecule has 10 atom stereocenters. The van der Waals surface area contributed by atoms with Gasteiger partial charge in [-0.15, -0.1) is 0 Å². The number of ether oxygens (including phenoxy) is 3. The zero-order chi connectivity index (χ0) is 17.3. The Morgan fingerprint density at radius 1 is 0.783 bits per heavy atom. The lowest BCUT2D eigenvalue weighted by Gasteiger charge is -2.46. The van der Waals surface area contributed by atoms with Gasteiger partial charge in [0.15, 0.2) is 6.29 Å². The second-order valence-electron chi connectivity index (χ2n) is 6.58. The summed E-state index contributed by atoms with van der Waals surface area (Å²) in [5.41, 5.74) is 0. The summed E-state index contributed by atoms with van der Waals surface area (Å²) < 4.78 is 17.0. The van der Waals surface area contributed by atoms with Crippen molar-refractivity contribution in [1.82, 2.24) is 0 Å². The Balaban J connectivity index is 2.11. The van der Waals surface area contributed by atoms with Crippen LogP contribution in [-0.4, -0.2) is 87.8 Å². The molecule has 8 heteroatoms. The van der Waals surface area contributed by atoms with Gasteiger partial charge in [0.25, 0.3) is 0 Å². The predicted molar refractivity (Wildman–Crippen MR) is 78.4 cm³/mol. The van der Waals surface area contributed by atoms with Crippen molar-refractivity contribution in [2.75, 3.05) is 13.2 Å². The minimum absolute atomic E-state index is 0.203. The van der Waals surface area contributed by atoms with Gasteiger partial charge < -0.3 is 39.7 Å². The summed E-state index contributed by atoms with van der Waals surface area (Å²) in [7, 11) is 0. The maximum atomic E-state index is 10.4. The van der Waals surface area contributed by atoms with Gasteiger partial charge in [-0.05, 0) is 6.92 Å². The number of rotatable bonds is 4. The van der Waals surface area contributed by atoms with Crippen molar-refractivity contribution in [2.45, 2.75) is 69.8 Å². The molecule has 0 aromatic carbocycles. The Bertz CT molecular complexity index is 376. The molecule has 0 bridgehead atoms. The molecule has 0 radical (unpaired) electrons. The second kappa shape index (κ2) is 7.71. The zero-order valence-corrected chi connectivity index (χ0v) is 13.6. The first-order valence-corrected chi connectivity index (χ1v) is 8.04. The second-order valence-corrected chi connectivity index (χ2v) is 6.58. The van der Waals surface area contributed by atoms with Gasteiger partial charge in [0.1, 0.15) is 24.4 Å². The largest absolute Gasteiger partial charge is 0.394 e. The lowest BCUT2D eigenvalue weighted by molar-refractivity contribution is -0.325. The highest BCUT2D eigenvalue weighted by Crippen LogP contribution is 2.33. The number of aliphatic hydroxyl groups excluding tert-OH is 5. The first-order valence-electron chi connectivity index (χ1n) is 8.04. The molecular formula is C15H28O8. The molecule has 2 saturated heterocycles. The summed E-state index contributed by atoms with van der Waals surface area (Å²) in [5.74, 6) is -0.778. The van der Waals surface area contributed by atoms with Crippen molar-refractivity contribution >= 4 is 0 Å². The van der Waals surface area contributed by atoms with Crippen LogP contribution in [0.25, 0.3) is 0 Å². The van der Waals surface area contributed by atoms with Crippen molar-refractivity contribution in [2.24, 2.45) is 11.8 Å². The molecule has 0 saturated carbocycles. The van der Waals surface area contributed by atoms with Crippen molar-refractivity contribution in [3.8, 4) is 0 Å². The molecule has 0 aromatic rings. The fraction of sp³-hybridized carbons (Fsp3) is 1.00. The number of aliphatic hydroxyl groups is 5. The summed E-state index contributed by atoms with van der Waals surface area (Å²) in [4.78, 5) is 0. The molecule has 2 heterocycles. The van der Waals surface area contributed by atoms with Crippen LogP contribution in [0.3, 0.4) is 0 Å². The molecule has 8 nitrogen and oxygen atoms in total. The van der Waals surface area contributed by atoms with E-state index in [-0.39, 0.29) is 18.6 Å². The van der Waals surface area contributed by atoms with Crippen molar-refractivity contribution in [3.05, 3.63) is 0 Å². The van der Waals surface area contributed by atoms with Crippen LogP contribution in [0, 0.1) is 11.8 Å². The zero-order valence-electron chi connectivity index (χ0n) is 13.6. The lowest BCUT2D eigenvalue weighted by Crippen LogP contribution is -2.60. The molecule has 0 spiro atoms. The molecule has 2 fully saturated rings. The van der Waals surface area contributed by atoms with E-state index in [0.29, 0.717) is 0 Å². The smallest absolute Gasteiger partial charge is 0.163 e. The van der Waals surface area contributed by atoms with Crippen molar-refractivity contribution < 1.29 is 39.7 Å². The SMILES string of the molecule is CC1OC(CO)[C@@H](O[C@@H]2OC(CO)[C@@H](O)C(O)C2C)[C@H](O)C1C. The molecule has 2 rings (SSSR count). The third kappa shape index (κ3) is 3.69.